The third kappa shape index (κ3) is 12.1. The van der Waals surface area contributed by atoms with Gasteiger partial charge in [0.15, 0.2) is 5.96 Å². The van der Waals surface area contributed by atoms with Crippen molar-refractivity contribution < 1.29 is 39.3 Å². The first kappa shape index (κ1) is 32.6. The molecule has 0 heterocycles. The van der Waals surface area contributed by atoms with E-state index in [1.807, 2.05) is 0 Å². The topological polar surface area (TPSA) is 299 Å². The smallest absolute Gasteiger partial charge is 0.326 e. The number of aliphatic hydroxyl groups excluding tert-OH is 1. The molecule has 16 nitrogen and oxygen atoms in total. The Hall–Kier alpha value is -4.44. The number of carbonyl (C=O) groups is 5. The summed E-state index contributed by atoms with van der Waals surface area (Å²) in [6.45, 7) is 1.39. The standard InChI is InChI=1S/C23H36N8O8/c1-11(32)18(25)21(37)31-15(9-12-4-6-13(33)7-5-12)19(35)30-16(10-17(24)34)20(36)29-14(22(38)39)3-2-8-28-23(26)27/h4-7,11,14-16,18,32-33H,2-3,8-10,25H2,1H3,(H2,24,34)(H,29,36)(H,30,35)(H,31,37)(H,38,39)(H4,26,27,28). The second-order valence-electron chi connectivity index (χ2n) is 8.78. The predicted octanol–water partition coefficient (Wildman–Crippen LogP) is -3.89. The number of hydrogen-bond donors (Lipinski definition) is 10. The Labute approximate surface area is 224 Å². The minimum atomic E-state index is -1.58. The zero-order valence-electron chi connectivity index (χ0n) is 21.4. The number of guanidine groups is 1. The number of aliphatic imine (C=N–C) groups is 1. The van der Waals surface area contributed by atoms with Gasteiger partial charge in [0.05, 0.1) is 12.5 Å². The van der Waals surface area contributed by atoms with Gasteiger partial charge in [-0.15, -0.1) is 0 Å². The van der Waals surface area contributed by atoms with Crippen LogP contribution < -0.4 is 38.9 Å². The maximum Gasteiger partial charge on any atom is 0.326 e. The van der Waals surface area contributed by atoms with Gasteiger partial charge in [-0.05, 0) is 37.5 Å². The number of aromatic hydroxyl groups is 1. The van der Waals surface area contributed by atoms with E-state index >= 15 is 0 Å². The SMILES string of the molecule is CC(O)C(N)C(=O)NC(Cc1ccc(O)cc1)C(=O)NC(CC(N)=O)C(=O)NC(CCCN=C(N)N)C(=O)O. The molecule has 0 radical (unpaired) electrons. The summed E-state index contributed by atoms with van der Waals surface area (Å²) >= 11 is 0. The highest BCUT2D eigenvalue weighted by Gasteiger charge is 2.32. The Bertz CT molecular complexity index is 1040. The molecule has 0 bridgehead atoms. The number of nitrogens with one attached hydrogen (secondary N) is 3. The van der Waals surface area contributed by atoms with E-state index < -0.39 is 66.3 Å². The van der Waals surface area contributed by atoms with Gasteiger partial charge in [0.25, 0.3) is 0 Å². The number of carboxylic acids is 1. The normalized spacial score (nSPS) is 14.5. The van der Waals surface area contributed by atoms with Crippen molar-refractivity contribution in [3.05, 3.63) is 29.8 Å². The molecule has 216 valence electrons. The Kier molecular flexibility index (Phi) is 13.1. The van der Waals surface area contributed by atoms with Gasteiger partial charge in [0.2, 0.25) is 23.6 Å². The van der Waals surface area contributed by atoms with E-state index in [0.717, 1.165) is 0 Å². The largest absolute Gasteiger partial charge is 0.508 e. The molecule has 1 rings (SSSR count). The number of hydrogen-bond acceptors (Lipinski definition) is 9. The van der Waals surface area contributed by atoms with Crippen LogP contribution in [0.1, 0.15) is 31.7 Å². The molecule has 5 atom stereocenters. The lowest BCUT2D eigenvalue weighted by atomic mass is 10.0. The van der Waals surface area contributed by atoms with E-state index in [1.165, 1.54) is 31.2 Å². The quantitative estimate of drug-likeness (QED) is 0.0537. The van der Waals surface area contributed by atoms with Gasteiger partial charge in [-0.2, -0.15) is 0 Å². The van der Waals surface area contributed by atoms with Gasteiger partial charge in [-0.25, -0.2) is 4.79 Å². The summed E-state index contributed by atoms with van der Waals surface area (Å²) < 4.78 is 0. The van der Waals surface area contributed by atoms with Crippen LogP contribution in [0.4, 0.5) is 0 Å². The number of aliphatic hydroxyl groups is 1. The van der Waals surface area contributed by atoms with Gasteiger partial charge >= 0.3 is 5.97 Å². The van der Waals surface area contributed by atoms with Crippen molar-refractivity contribution >= 4 is 35.6 Å². The zero-order chi connectivity index (χ0) is 29.7. The number of amides is 4. The van der Waals surface area contributed by atoms with E-state index in [0.29, 0.717) is 5.56 Å². The fourth-order valence-electron chi connectivity index (χ4n) is 3.28. The van der Waals surface area contributed by atoms with Crippen LogP contribution in [0.3, 0.4) is 0 Å². The van der Waals surface area contributed by atoms with Gasteiger partial charge in [-0.1, -0.05) is 12.1 Å². The van der Waals surface area contributed by atoms with E-state index in [2.05, 4.69) is 20.9 Å². The van der Waals surface area contributed by atoms with Gasteiger partial charge in [-0.3, -0.25) is 24.2 Å². The highest BCUT2D eigenvalue weighted by Crippen LogP contribution is 2.12. The van der Waals surface area contributed by atoms with Crippen LogP contribution >= 0.6 is 0 Å². The fourth-order valence-corrected chi connectivity index (χ4v) is 3.28. The minimum absolute atomic E-state index is 0.0376. The van der Waals surface area contributed by atoms with Crippen LogP contribution in [0.2, 0.25) is 0 Å². The summed E-state index contributed by atoms with van der Waals surface area (Å²) in [5, 5.41) is 35.5. The number of carbonyl (C=O) groups excluding carboxylic acids is 4. The number of primary amides is 1. The fraction of sp³-hybridized carbons (Fsp3) is 0.478. The molecule has 0 fully saturated rings. The third-order valence-corrected chi connectivity index (χ3v) is 5.43. The lowest BCUT2D eigenvalue weighted by Crippen LogP contribution is -2.59. The predicted molar refractivity (Wildman–Crippen MR) is 139 cm³/mol. The van der Waals surface area contributed by atoms with Crippen molar-refractivity contribution in [2.75, 3.05) is 6.54 Å². The Morgan fingerprint density at radius 1 is 0.897 bits per heavy atom. The average molecular weight is 553 g/mol. The molecule has 16 heteroatoms. The highest BCUT2D eigenvalue weighted by molar-refractivity contribution is 5.96. The Morgan fingerprint density at radius 2 is 1.44 bits per heavy atom. The van der Waals surface area contributed by atoms with Gasteiger partial charge in [0, 0.05) is 13.0 Å². The second-order valence-corrected chi connectivity index (χ2v) is 8.78. The number of benzene rings is 1. The molecule has 39 heavy (non-hydrogen) atoms. The van der Waals surface area contributed by atoms with Crippen LogP contribution in [-0.4, -0.2) is 87.7 Å². The maximum atomic E-state index is 13.2. The molecule has 0 aliphatic carbocycles. The van der Waals surface area contributed by atoms with Crippen LogP contribution in [-0.2, 0) is 30.4 Å². The number of phenols is 1. The maximum absolute atomic E-state index is 13.2. The van der Waals surface area contributed by atoms with E-state index in [4.69, 9.17) is 22.9 Å². The first-order valence-electron chi connectivity index (χ1n) is 11.9. The number of nitrogens with zero attached hydrogens (tertiary/aromatic N) is 1. The molecule has 1 aromatic carbocycles. The van der Waals surface area contributed by atoms with Crippen LogP contribution in [0, 0.1) is 0 Å². The molecule has 0 saturated heterocycles. The summed E-state index contributed by atoms with van der Waals surface area (Å²) in [7, 11) is 0. The average Bonchev–Trinajstić information content (AvgIpc) is 2.84. The molecule has 0 saturated carbocycles. The monoisotopic (exact) mass is 552 g/mol. The first-order chi connectivity index (χ1) is 18.2. The van der Waals surface area contributed by atoms with E-state index in [9.17, 15) is 39.3 Å². The summed E-state index contributed by atoms with van der Waals surface area (Å²) in [4.78, 5) is 65.5. The Morgan fingerprint density at radius 3 is 1.95 bits per heavy atom. The lowest BCUT2D eigenvalue weighted by molar-refractivity contribution is -0.142. The van der Waals surface area contributed by atoms with Crippen molar-refractivity contribution in [3.63, 3.8) is 0 Å². The summed E-state index contributed by atoms with van der Waals surface area (Å²) in [5.74, 6) is -5.36. The molecule has 14 N–H and O–H groups in total. The number of aliphatic carboxylic acids is 1. The van der Waals surface area contributed by atoms with Crippen molar-refractivity contribution in [1.82, 2.24) is 16.0 Å². The second kappa shape index (κ2) is 15.7. The number of nitrogens with two attached hydrogens (primary N) is 4. The van der Waals surface area contributed by atoms with Crippen LogP contribution in [0.15, 0.2) is 29.3 Å². The first-order valence-corrected chi connectivity index (χ1v) is 11.9. The highest BCUT2D eigenvalue weighted by atomic mass is 16.4. The molecular weight excluding hydrogens is 516 g/mol. The number of rotatable bonds is 16. The van der Waals surface area contributed by atoms with Crippen LogP contribution in [0.5, 0.6) is 5.75 Å². The Balaban J connectivity index is 3.10. The molecule has 0 aliphatic rings. The molecule has 5 unspecified atom stereocenters. The zero-order valence-corrected chi connectivity index (χ0v) is 21.4. The summed E-state index contributed by atoms with van der Waals surface area (Å²) in [6.07, 6.45) is -1.91. The third-order valence-electron chi connectivity index (χ3n) is 5.43. The molecule has 0 spiro atoms. The van der Waals surface area contributed by atoms with Crippen LogP contribution in [0.25, 0.3) is 0 Å². The van der Waals surface area contributed by atoms with Crippen molar-refractivity contribution in [2.24, 2.45) is 27.9 Å². The summed E-state index contributed by atoms with van der Waals surface area (Å²) in [6, 6.07) is -0.000323. The molecule has 0 aromatic heterocycles. The van der Waals surface area contributed by atoms with Crippen molar-refractivity contribution in [1.29, 1.82) is 0 Å². The number of phenolic OH excluding ortho intramolecular Hbond substituents is 1. The molecule has 1 aromatic rings. The molecule has 0 aliphatic heterocycles. The van der Waals surface area contributed by atoms with E-state index in [-0.39, 0.29) is 37.5 Å². The molecule has 4 amide bonds. The number of carboxylic acid groups (broad SMARTS) is 1. The van der Waals surface area contributed by atoms with E-state index in [1.54, 1.807) is 0 Å². The van der Waals surface area contributed by atoms with Crippen molar-refractivity contribution in [3.8, 4) is 5.75 Å². The van der Waals surface area contributed by atoms with Crippen molar-refractivity contribution in [2.45, 2.75) is 62.9 Å². The van der Waals surface area contributed by atoms with Gasteiger partial charge < -0.3 is 54.2 Å². The van der Waals surface area contributed by atoms with Gasteiger partial charge in [0.1, 0.15) is 29.9 Å². The summed E-state index contributed by atoms with van der Waals surface area (Å²) in [5.41, 5.74) is 21.8. The molecular formula is C23H36N8O8. The minimum Gasteiger partial charge on any atom is -0.508 e. The lowest BCUT2D eigenvalue weighted by Gasteiger charge is -2.25.